The molecule has 4 N–H and O–H groups in total. The number of hydrogen-bond donors (Lipinski definition) is 3. The lowest BCUT2D eigenvalue weighted by Gasteiger charge is -1.98. The van der Waals surface area contributed by atoms with E-state index in [9.17, 15) is 0 Å². The summed E-state index contributed by atoms with van der Waals surface area (Å²) in [7, 11) is 1.15. The zero-order valence-corrected chi connectivity index (χ0v) is 8.85. The molecule has 0 aromatic rings. The average Bonchev–Trinajstić information content (AvgIpc) is 2.39. The van der Waals surface area contributed by atoms with Crippen molar-refractivity contribution in [2.24, 2.45) is 5.73 Å². The van der Waals surface area contributed by atoms with Crippen LogP contribution in [0.4, 0.5) is 0 Å². The van der Waals surface area contributed by atoms with Crippen molar-refractivity contribution in [2.45, 2.75) is 31.7 Å². The van der Waals surface area contributed by atoms with Gasteiger partial charge in [-0.1, -0.05) is 12.8 Å². The van der Waals surface area contributed by atoms with Crippen molar-refractivity contribution in [1.82, 2.24) is 0 Å². The van der Waals surface area contributed by atoms with E-state index in [4.69, 9.17) is 15.5 Å². The molecule has 1 fully saturated rings. The molecule has 1 rings (SSSR count). The maximum atomic E-state index is 8.09. The summed E-state index contributed by atoms with van der Waals surface area (Å²) >= 11 is 3.99. The van der Waals surface area contributed by atoms with Crippen molar-refractivity contribution >= 4 is 18.5 Å². The van der Waals surface area contributed by atoms with Crippen molar-refractivity contribution in [2.75, 3.05) is 7.11 Å². The summed E-state index contributed by atoms with van der Waals surface area (Å²) in [5.74, 6) is 0. The molecule has 0 aromatic carbocycles. The Morgan fingerprint density at radius 1 is 1.42 bits per heavy atom. The maximum Gasteiger partial charge on any atom is 0.321 e. The first-order valence-electron chi connectivity index (χ1n) is 3.82. The smallest absolute Gasteiger partial charge is 0.321 e. The number of rotatable bonds is 1. The molecule has 1 aliphatic carbocycles. The molecule has 0 saturated heterocycles. The summed E-state index contributed by atoms with van der Waals surface area (Å²) in [6.45, 7) is -3.31. The summed E-state index contributed by atoms with van der Waals surface area (Å²) in [5.41, 5.74) is 5.53. The Balaban J connectivity index is 0.000000202. The van der Waals surface area contributed by atoms with Crippen LogP contribution in [0.15, 0.2) is 0 Å². The van der Waals surface area contributed by atoms with E-state index in [2.05, 4.69) is 16.3 Å². The molecule has 0 spiro atoms. The molecule has 1 saturated carbocycles. The Hall–Kier alpha value is 0.490. The van der Waals surface area contributed by atoms with E-state index >= 15 is 0 Å². The minimum atomic E-state index is -3.31. The van der Waals surface area contributed by atoms with Crippen molar-refractivity contribution < 1.29 is 14.3 Å². The average molecular weight is 213 g/mol. The van der Waals surface area contributed by atoms with Gasteiger partial charge in [-0.05, 0) is 24.6 Å². The molecule has 0 atom stereocenters. The van der Waals surface area contributed by atoms with Gasteiger partial charge in [-0.2, -0.15) is 0 Å². The van der Waals surface area contributed by atoms with Gasteiger partial charge in [0, 0.05) is 13.2 Å². The normalized spacial score (nSPS) is 18.7. The van der Waals surface area contributed by atoms with E-state index in [0.717, 1.165) is 7.11 Å². The molecule has 6 heteroatoms. The predicted molar refractivity (Wildman–Crippen MR) is 52.2 cm³/mol. The second-order valence-electron chi connectivity index (χ2n) is 2.72. The van der Waals surface area contributed by atoms with E-state index in [1.54, 1.807) is 0 Å². The van der Waals surface area contributed by atoms with Crippen LogP contribution < -0.4 is 5.73 Å². The molecule has 0 aromatic heterocycles. The van der Waals surface area contributed by atoms with E-state index in [-0.39, 0.29) is 0 Å². The van der Waals surface area contributed by atoms with Crippen molar-refractivity contribution in [3.05, 3.63) is 0 Å². The molecular weight excluding hydrogens is 197 g/mol. The molecule has 74 valence electrons. The van der Waals surface area contributed by atoms with E-state index < -0.39 is 6.72 Å². The van der Waals surface area contributed by atoms with Crippen LogP contribution >= 0.6 is 6.72 Å². The van der Waals surface area contributed by atoms with Crippen molar-refractivity contribution in [1.29, 1.82) is 0 Å². The zero-order valence-electron chi connectivity index (χ0n) is 7.14. The van der Waals surface area contributed by atoms with Crippen LogP contribution in [-0.4, -0.2) is 22.9 Å². The lowest BCUT2D eigenvalue weighted by molar-refractivity contribution is 0.306. The summed E-state index contributed by atoms with van der Waals surface area (Å²) < 4.78 is 3.97. The maximum absolute atomic E-state index is 8.09. The van der Waals surface area contributed by atoms with Crippen LogP contribution in [0.2, 0.25) is 0 Å². The SMILES string of the molecule is COP(O)(O)=S.NC1CCCC1. The van der Waals surface area contributed by atoms with Crippen LogP contribution in [0.1, 0.15) is 25.7 Å². The lowest BCUT2D eigenvalue weighted by Crippen LogP contribution is -2.13. The highest BCUT2D eigenvalue weighted by atomic mass is 32.5. The highest BCUT2D eigenvalue weighted by molar-refractivity contribution is 8.06. The molecule has 0 amide bonds. The summed E-state index contributed by atoms with van der Waals surface area (Å²) in [5, 5.41) is 0. The molecular formula is C6H16NO3PS. The van der Waals surface area contributed by atoms with Crippen molar-refractivity contribution in [3.63, 3.8) is 0 Å². The molecule has 0 bridgehead atoms. The van der Waals surface area contributed by atoms with Crippen LogP contribution in [0.5, 0.6) is 0 Å². The van der Waals surface area contributed by atoms with Crippen LogP contribution in [0, 0.1) is 0 Å². The summed E-state index contributed by atoms with van der Waals surface area (Å²) in [4.78, 5) is 16.2. The zero-order chi connectivity index (χ0) is 9.61. The van der Waals surface area contributed by atoms with Crippen LogP contribution in [0.3, 0.4) is 0 Å². The van der Waals surface area contributed by atoms with Crippen LogP contribution in [0.25, 0.3) is 0 Å². The van der Waals surface area contributed by atoms with E-state index in [0.29, 0.717) is 6.04 Å². The fraction of sp³-hybridized carbons (Fsp3) is 1.00. The largest absolute Gasteiger partial charge is 0.328 e. The molecule has 0 heterocycles. The molecule has 0 radical (unpaired) electrons. The Morgan fingerprint density at radius 2 is 1.75 bits per heavy atom. The fourth-order valence-corrected chi connectivity index (χ4v) is 0.957. The third kappa shape index (κ3) is 8.59. The van der Waals surface area contributed by atoms with Gasteiger partial charge in [-0.15, -0.1) is 0 Å². The molecule has 0 aliphatic heterocycles. The fourth-order valence-electron chi connectivity index (χ4n) is 0.957. The van der Waals surface area contributed by atoms with Crippen molar-refractivity contribution in [3.8, 4) is 0 Å². The molecule has 0 unspecified atom stereocenters. The van der Waals surface area contributed by atoms with Gasteiger partial charge in [0.05, 0.1) is 0 Å². The Labute approximate surface area is 78.0 Å². The molecule has 1 aliphatic rings. The van der Waals surface area contributed by atoms with Gasteiger partial charge in [-0.3, -0.25) is 0 Å². The highest BCUT2D eigenvalue weighted by Crippen LogP contribution is 2.34. The summed E-state index contributed by atoms with van der Waals surface area (Å²) in [6.07, 6.45) is 5.25. The van der Waals surface area contributed by atoms with Gasteiger partial charge < -0.3 is 20.0 Å². The highest BCUT2D eigenvalue weighted by Gasteiger charge is 2.07. The Bertz CT molecular complexity index is 155. The van der Waals surface area contributed by atoms with Gasteiger partial charge in [0.25, 0.3) is 0 Å². The molecule has 4 nitrogen and oxygen atoms in total. The first-order chi connectivity index (χ1) is 5.45. The quantitative estimate of drug-likeness (QED) is 0.560. The van der Waals surface area contributed by atoms with E-state index in [1.807, 2.05) is 0 Å². The standard InChI is InChI=1S/C5H11N.CH5O3PS/c6-5-3-1-2-4-5;1-4-5(2,3)6/h5H,1-4,6H2;1H3,(H2,2,3,6). The van der Waals surface area contributed by atoms with Crippen LogP contribution in [-0.2, 0) is 16.3 Å². The first kappa shape index (κ1) is 12.5. The van der Waals surface area contributed by atoms with Gasteiger partial charge in [0.1, 0.15) is 0 Å². The second-order valence-corrected chi connectivity index (χ2v) is 5.49. The molecule has 12 heavy (non-hydrogen) atoms. The minimum Gasteiger partial charge on any atom is -0.328 e. The van der Waals surface area contributed by atoms with Gasteiger partial charge in [0.15, 0.2) is 0 Å². The third-order valence-corrected chi connectivity index (χ3v) is 2.56. The van der Waals surface area contributed by atoms with Gasteiger partial charge >= 0.3 is 6.72 Å². The van der Waals surface area contributed by atoms with Gasteiger partial charge in [-0.25, -0.2) is 0 Å². The monoisotopic (exact) mass is 213 g/mol. The lowest BCUT2D eigenvalue weighted by atomic mass is 10.3. The Kier molecular flexibility index (Phi) is 6.27. The van der Waals surface area contributed by atoms with Gasteiger partial charge in [0.2, 0.25) is 0 Å². The number of nitrogens with two attached hydrogens (primary N) is 1. The number of hydrogen-bond acceptors (Lipinski definition) is 3. The summed E-state index contributed by atoms with van der Waals surface area (Å²) in [6, 6.07) is 0.546. The van der Waals surface area contributed by atoms with E-state index in [1.165, 1.54) is 25.7 Å². The first-order valence-corrected chi connectivity index (χ1v) is 6.45. The minimum absolute atomic E-state index is 0.546. The third-order valence-electron chi connectivity index (χ3n) is 1.64. The Morgan fingerprint density at radius 3 is 1.83 bits per heavy atom. The topological polar surface area (TPSA) is 75.7 Å². The second kappa shape index (κ2) is 6.02. The predicted octanol–water partition coefficient (Wildman–Crippen LogP) is 0.730.